The topological polar surface area (TPSA) is 49.6 Å². The van der Waals surface area contributed by atoms with Gasteiger partial charge in [0, 0.05) is 24.2 Å². The summed E-state index contributed by atoms with van der Waals surface area (Å²) in [5.41, 5.74) is 2.24. The minimum atomic E-state index is 0.138. The molecule has 2 aromatic rings. The highest BCUT2D eigenvalue weighted by Gasteiger charge is 2.14. The van der Waals surface area contributed by atoms with Gasteiger partial charge in [0.15, 0.2) is 4.96 Å². The third-order valence-corrected chi connectivity index (χ3v) is 3.85. The molecule has 0 radical (unpaired) electrons. The lowest BCUT2D eigenvalue weighted by Gasteiger charge is -2.19. The molecule has 1 unspecified atom stereocenters. The monoisotopic (exact) mass is 253 g/mol. The maximum Gasteiger partial charge on any atom is 0.194 e. The van der Waals surface area contributed by atoms with E-state index in [1.165, 1.54) is 5.69 Å². The Balaban J connectivity index is 2.12. The van der Waals surface area contributed by atoms with Crippen molar-refractivity contribution in [3.63, 3.8) is 0 Å². The second-order valence-electron chi connectivity index (χ2n) is 4.61. The molecular formula is C12H19N3OS. The Bertz CT molecular complexity index is 489. The van der Waals surface area contributed by atoms with Crippen LogP contribution in [0.3, 0.4) is 0 Å². The van der Waals surface area contributed by atoms with Crippen molar-refractivity contribution in [2.24, 2.45) is 5.92 Å². The zero-order valence-electron chi connectivity index (χ0n) is 10.5. The van der Waals surface area contributed by atoms with Crippen LogP contribution in [0.25, 0.3) is 4.96 Å². The van der Waals surface area contributed by atoms with Crippen LogP contribution >= 0.6 is 11.3 Å². The number of aromatic nitrogens is 2. The van der Waals surface area contributed by atoms with Crippen molar-refractivity contribution in [2.75, 3.05) is 6.61 Å². The lowest BCUT2D eigenvalue weighted by molar-refractivity contribution is 0.209. The van der Waals surface area contributed by atoms with Gasteiger partial charge < -0.3 is 10.4 Å². The molecule has 0 aliphatic rings. The normalized spacial score (nSPS) is 13.7. The molecule has 4 nitrogen and oxygen atoms in total. The lowest BCUT2D eigenvalue weighted by Crippen LogP contribution is -2.36. The zero-order chi connectivity index (χ0) is 12.4. The van der Waals surface area contributed by atoms with Gasteiger partial charge in [0.25, 0.3) is 0 Å². The summed E-state index contributed by atoms with van der Waals surface area (Å²) in [6.45, 7) is 7.16. The average molecular weight is 253 g/mol. The number of imidazole rings is 1. The number of nitrogens with zero attached hydrogens (tertiary/aromatic N) is 2. The third-order valence-electron chi connectivity index (χ3n) is 3.09. The van der Waals surface area contributed by atoms with Crippen molar-refractivity contribution >= 4 is 16.3 Å². The van der Waals surface area contributed by atoms with E-state index in [-0.39, 0.29) is 12.6 Å². The van der Waals surface area contributed by atoms with Gasteiger partial charge in [0.05, 0.1) is 18.0 Å². The summed E-state index contributed by atoms with van der Waals surface area (Å²) < 4.78 is 2.11. The SMILES string of the molecule is Cc1nc2sccn2c1CNC(CO)C(C)C. The average Bonchev–Trinajstić information content (AvgIpc) is 2.81. The van der Waals surface area contributed by atoms with Crippen molar-refractivity contribution in [3.8, 4) is 0 Å². The van der Waals surface area contributed by atoms with Crippen molar-refractivity contribution in [1.29, 1.82) is 0 Å². The Labute approximate surface area is 105 Å². The highest BCUT2D eigenvalue weighted by Crippen LogP contribution is 2.17. The lowest BCUT2D eigenvalue weighted by atomic mass is 10.1. The molecule has 0 saturated heterocycles. The Morgan fingerprint density at radius 1 is 1.53 bits per heavy atom. The van der Waals surface area contributed by atoms with Crippen LogP contribution in [0, 0.1) is 12.8 Å². The van der Waals surface area contributed by atoms with Gasteiger partial charge in [-0.25, -0.2) is 4.98 Å². The summed E-state index contributed by atoms with van der Waals surface area (Å²) >= 11 is 1.64. The van der Waals surface area contributed by atoms with Crippen LogP contribution in [0.4, 0.5) is 0 Å². The van der Waals surface area contributed by atoms with Gasteiger partial charge in [0.1, 0.15) is 0 Å². The summed E-state index contributed by atoms with van der Waals surface area (Å²) in [5.74, 6) is 0.422. The first kappa shape index (κ1) is 12.5. The molecule has 0 bridgehead atoms. The molecule has 2 heterocycles. The van der Waals surface area contributed by atoms with Gasteiger partial charge in [-0.1, -0.05) is 13.8 Å². The molecule has 0 aliphatic heterocycles. The minimum absolute atomic E-state index is 0.138. The van der Waals surface area contributed by atoms with Crippen LogP contribution in [-0.4, -0.2) is 27.1 Å². The van der Waals surface area contributed by atoms with E-state index in [1.54, 1.807) is 11.3 Å². The van der Waals surface area contributed by atoms with Crippen LogP contribution in [0.2, 0.25) is 0 Å². The maximum absolute atomic E-state index is 9.28. The minimum Gasteiger partial charge on any atom is -0.395 e. The predicted octanol–water partition coefficient (Wildman–Crippen LogP) is 1.81. The number of thiazole rings is 1. The molecular weight excluding hydrogens is 234 g/mol. The second kappa shape index (κ2) is 5.16. The number of nitrogens with one attached hydrogen (secondary N) is 1. The molecule has 0 aromatic carbocycles. The first-order chi connectivity index (χ1) is 8.13. The van der Waals surface area contributed by atoms with Crippen molar-refractivity contribution in [1.82, 2.24) is 14.7 Å². The van der Waals surface area contributed by atoms with Gasteiger partial charge in [-0.05, 0) is 12.8 Å². The fourth-order valence-electron chi connectivity index (χ4n) is 1.89. The van der Waals surface area contributed by atoms with Gasteiger partial charge in [0.2, 0.25) is 0 Å². The Morgan fingerprint density at radius 3 is 2.94 bits per heavy atom. The third kappa shape index (κ3) is 2.51. The van der Waals surface area contributed by atoms with Crippen molar-refractivity contribution < 1.29 is 5.11 Å². The predicted molar refractivity (Wildman–Crippen MR) is 70.4 cm³/mol. The highest BCUT2D eigenvalue weighted by atomic mass is 32.1. The molecule has 0 fully saturated rings. The van der Waals surface area contributed by atoms with Gasteiger partial charge in [-0.2, -0.15) is 0 Å². The van der Waals surface area contributed by atoms with Crippen LogP contribution in [0.1, 0.15) is 25.2 Å². The molecule has 2 N–H and O–H groups in total. The molecule has 1 atom stereocenters. The molecule has 0 amide bonds. The van der Waals surface area contributed by atoms with E-state index < -0.39 is 0 Å². The molecule has 2 rings (SSSR count). The van der Waals surface area contributed by atoms with Crippen molar-refractivity contribution in [2.45, 2.75) is 33.4 Å². The number of aryl methyl sites for hydroxylation is 1. The Hall–Kier alpha value is -0.910. The van der Waals surface area contributed by atoms with E-state index in [4.69, 9.17) is 0 Å². The Kier molecular flexibility index (Phi) is 3.81. The smallest absolute Gasteiger partial charge is 0.194 e. The molecule has 0 spiro atoms. The van der Waals surface area contributed by atoms with Gasteiger partial charge in [-0.3, -0.25) is 4.40 Å². The molecule has 0 aliphatic carbocycles. The number of fused-ring (bicyclic) bond motifs is 1. The summed E-state index contributed by atoms with van der Waals surface area (Å²) in [5, 5.41) is 14.7. The largest absolute Gasteiger partial charge is 0.395 e. The second-order valence-corrected chi connectivity index (χ2v) is 5.49. The number of hydrogen-bond acceptors (Lipinski definition) is 4. The van der Waals surface area contributed by atoms with Crippen molar-refractivity contribution in [3.05, 3.63) is 23.0 Å². The molecule has 94 valence electrons. The van der Waals surface area contributed by atoms with Crippen LogP contribution < -0.4 is 5.32 Å². The van der Waals surface area contributed by atoms with Gasteiger partial charge in [-0.15, -0.1) is 11.3 Å². The van der Waals surface area contributed by atoms with Gasteiger partial charge >= 0.3 is 0 Å². The summed E-state index contributed by atoms with van der Waals surface area (Å²) in [7, 11) is 0. The van der Waals surface area contributed by atoms with Crippen LogP contribution in [0.5, 0.6) is 0 Å². The number of hydrogen-bond donors (Lipinski definition) is 2. The Morgan fingerprint density at radius 2 is 2.29 bits per heavy atom. The summed E-state index contributed by atoms with van der Waals surface area (Å²) in [6.07, 6.45) is 2.04. The number of aliphatic hydroxyl groups excluding tert-OH is 1. The molecule has 5 heteroatoms. The highest BCUT2D eigenvalue weighted by molar-refractivity contribution is 7.15. The first-order valence-electron chi connectivity index (χ1n) is 5.88. The summed E-state index contributed by atoms with van der Waals surface area (Å²) in [4.78, 5) is 5.53. The van der Waals surface area contributed by atoms with Crippen LogP contribution in [0.15, 0.2) is 11.6 Å². The maximum atomic E-state index is 9.28. The van der Waals surface area contributed by atoms with Crippen LogP contribution in [-0.2, 0) is 6.54 Å². The fourth-order valence-corrected chi connectivity index (χ4v) is 2.67. The number of rotatable bonds is 5. The molecule has 17 heavy (non-hydrogen) atoms. The quantitative estimate of drug-likeness (QED) is 0.854. The fraction of sp³-hybridized carbons (Fsp3) is 0.583. The standard InChI is InChI=1S/C12H19N3OS/c1-8(2)10(7-16)13-6-11-9(3)14-12-15(11)4-5-17-12/h4-5,8,10,13,16H,6-7H2,1-3H3. The number of aliphatic hydroxyl groups is 1. The molecule has 2 aromatic heterocycles. The molecule has 0 saturated carbocycles. The van der Waals surface area contributed by atoms with E-state index in [2.05, 4.69) is 28.5 Å². The first-order valence-corrected chi connectivity index (χ1v) is 6.76. The zero-order valence-corrected chi connectivity index (χ0v) is 11.3. The van der Waals surface area contributed by atoms with E-state index in [1.807, 2.05) is 18.5 Å². The van der Waals surface area contributed by atoms with E-state index >= 15 is 0 Å². The summed E-state index contributed by atoms with van der Waals surface area (Å²) in [6, 6.07) is 0.138. The van der Waals surface area contributed by atoms with E-state index in [0.717, 1.165) is 17.2 Å². The van der Waals surface area contributed by atoms with E-state index in [9.17, 15) is 5.11 Å². The van der Waals surface area contributed by atoms with E-state index in [0.29, 0.717) is 5.92 Å².